The van der Waals surface area contributed by atoms with Gasteiger partial charge in [-0.15, -0.1) is 0 Å². The SMILES string of the molecule is CC1=C(C(=O)O)N2C(=O)[C@@H]3[C@@H]2[C@@H](CN3C(=O)OC(C)(C)C)O1. The molecule has 0 saturated carbocycles. The molecule has 0 unspecified atom stereocenters. The Balaban J connectivity index is 1.85. The fraction of sp³-hybridized carbons (Fsp3) is 0.643. The lowest BCUT2D eigenvalue weighted by Gasteiger charge is -2.48. The zero-order chi connectivity index (χ0) is 16.4. The number of nitrogens with zero attached hydrogens (tertiary/aromatic N) is 2. The second-order valence-corrected chi connectivity index (χ2v) is 6.64. The fourth-order valence-electron chi connectivity index (χ4n) is 3.18. The van der Waals surface area contributed by atoms with Crippen LogP contribution in [-0.4, -0.2) is 63.2 Å². The minimum atomic E-state index is -1.21. The average Bonchev–Trinajstić information content (AvgIpc) is 2.71. The number of carboxylic acid groups (broad SMARTS) is 1. The summed E-state index contributed by atoms with van der Waals surface area (Å²) < 4.78 is 10.9. The van der Waals surface area contributed by atoms with E-state index in [0.717, 1.165) is 0 Å². The lowest BCUT2D eigenvalue weighted by Crippen LogP contribution is -2.70. The molecular weight excluding hydrogens is 292 g/mol. The molecule has 0 aromatic heterocycles. The van der Waals surface area contributed by atoms with Crippen LogP contribution in [0.4, 0.5) is 4.79 Å². The number of carbonyl (C=O) groups excluding carboxylic acids is 2. The molecule has 3 heterocycles. The van der Waals surface area contributed by atoms with Crippen molar-refractivity contribution in [3.8, 4) is 0 Å². The van der Waals surface area contributed by atoms with Gasteiger partial charge in [0.1, 0.15) is 29.5 Å². The third kappa shape index (κ3) is 1.93. The maximum Gasteiger partial charge on any atom is 0.411 e. The molecule has 0 aromatic carbocycles. The maximum atomic E-state index is 12.3. The number of ether oxygens (including phenoxy) is 2. The number of likely N-dealkylation sites (tertiary alicyclic amines) is 1. The highest BCUT2D eigenvalue weighted by molar-refractivity contribution is 6.01. The van der Waals surface area contributed by atoms with Gasteiger partial charge >= 0.3 is 12.1 Å². The molecule has 22 heavy (non-hydrogen) atoms. The van der Waals surface area contributed by atoms with Crippen molar-refractivity contribution >= 4 is 18.0 Å². The van der Waals surface area contributed by atoms with Gasteiger partial charge in [0.2, 0.25) is 0 Å². The van der Waals surface area contributed by atoms with Crippen LogP contribution in [0, 0.1) is 0 Å². The number of carboxylic acids is 1. The number of amides is 2. The normalized spacial score (nSPS) is 29.8. The number of carbonyl (C=O) groups is 3. The van der Waals surface area contributed by atoms with Gasteiger partial charge < -0.3 is 14.6 Å². The maximum absolute atomic E-state index is 12.3. The van der Waals surface area contributed by atoms with Crippen molar-refractivity contribution in [3.05, 3.63) is 11.5 Å². The minimum Gasteiger partial charge on any atom is -0.488 e. The van der Waals surface area contributed by atoms with Gasteiger partial charge in [0.15, 0.2) is 5.70 Å². The molecule has 2 saturated heterocycles. The quantitative estimate of drug-likeness (QED) is 0.710. The summed E-state index contributed by atoms with van der Waals surface area (Å²) in [6.45, 7) is 6.95. The standard InChI is InChI=1S/C14H18N2O6/c1-6-8(12(18)19)16-9-7(21-6)5-15(10(9)11(16)17)13(20)22-14(2,3)4/h7,9-10H,5H2,1-4H3,(H,18,19)/t7-,9+,10+/m1/s1. The largest absolute Gasteiger partial charge is 0.488 e. The van der Waals surface area contributed by atoms with Crippen molar-refractivity contribution in [3.63, 3.8) is 0 Å². The molecule has 3 atom stereocenters. The van der Waals surface area contributed by atoms with E-state index < -0.39 is 41.8 Å². The molecule has 0 spiro atoms. The Kier molecular flexibility index (Phi) is 2.92. The highest BCUT2D eigenvalue weighted by atomic mass is 16.6. The van der Waals surface area contributed by atoms with Crippen molar-refractivity contribution in [1.29, 1.82) is 0 Å². The van der Waals surface area contributed by atoms with Crippen LogP contribution in [0.2, 0.25) is 0 Å². The van der Waals surface area contributed by atoms with Gasteiger partial charge in [0.05, 0.1) is 6.54 Å². The van der Waals surface area contributed by atoms with E-state index in [1.807, 2.05) is 0 Å². The van der Waals surface area contributed by atoms with E-state index in [0.29, 0.717) is 0 Å². The Labute approximate surface area is 127 Å². The second-order valence-electron chi connectivity index (χ2n) is 6.64. The van der Waals surface area contributed by atoms with Crippen molar-refractivity contribution in [2.75, 3.05) is 6.54 Å². The van der Waals surface area contributed by atoms with Gasteiger partial charge in [-0.3, -0.25) is 14.6 Å². The summed E-state index contributed by atoms with van der Waals surface area (Å²) in [5, 5.41) is 9.23. The van der Waals surface area contributed by atoms with Gasteiger partial charge in [0, 0.05) is 0 Å². The Morgan fingerprint density at radius 1 is 1.36 bits per heavy atom. The molecule has 0 aliphatic carbocycles. The Morgan fingerprint density at radius 3 is 2.55 bits per heavy atom. The number of hydrogen-bond acceptors (Lipinski definition) is 5. The van der Waals surface area contributed by atoms with Crippen LogP contribution in [0.3, 0.4) is 0 Å². The monoisotopic (exact) mass is 310 g/mol. The molecule has 0 bridgehead atoms. The zero-order valence-electron chi connectivity index (χ0n) is 12.8. The van der Waals surface area contributed by atoms with Crippen molar-refractivity contribution < 1.29 is 29.0 Å². The molecule has 3 rings (SSSR count). The van der Waals surface area contributed by atoms with Gasteiger partial charge in [-0.1, -0.05) is 0 Å². The molecule has 0 radical (unpaired) electrons. The highest BCUT2D eigenvalue weighted by Gasteiger charge is 2.65. The van der Waals surface area contributed by atoms with E-state index in [4.69, 9.17) is 9.47 Å². The number of hydrogen-bond donors (Lipinski definition) is 1. The molecule has 0 aromatic rings. The first-order valence-corrected chi connectivity index (χ1v) is 7.05. The second kappa shape index (κ2) is 4.37. The Bertz CT molecular complexity index is 605. The molecular formula is C14H18N2O6. The summed E-state index contributed by atoms with van der Waals surface area (Å²) in [7, 11) is 0. The van der Waals surface area contributed by atoms with Gasteiger partial charge in [0.25, 0.3) is 5.91 Å². The van der Waals surface area contributed by atoms with Crippen LogP contribution >= 0.6 is 0 Å². The summed E-state index contributed by atoms with van der Waals surface area (Å²) >= 11 is 0. The summed E-state index contributed by atoms with van der Waals surface area (Å²) in [6.07, 6.45) is -1.00. The number of allylic oxidation sites excluding steroid dienone is 1. The summed E-state index contributed by atoms with van der Waals surface area (Å²) in [5.74, 6) is -1.43. The number of rotatable bonds is 1. The molecule has 2 amide bonds. The van der Waals surface area contributed by atoms with Gasteiger partial charge in [-0.25, -0.2) is 9.59 Å². The lowest BCUT2D eigenvalue weighted by atomic mass is 9.91. The molecule has 3 aliphatic heterocycles. The van der Waals surface area contributed by atoms with E-state index >= 15 is 0 Å². The first kappa shape index (κ1) is 14.7. The van der Waals surface area contributed by atoms with Crippen LogP contribution in [0.25, 0.3) is 0 Å². The van der Waals surface area contributed by atoms with Crippen LogP contribution in [0.5, 0.6) is 0 Å². The Morgan fingerprint density at radius 2 is 2.00 bits per heavy atom. The van der Waals surface area contributed by atoms with E-state index in [1.165, 1.54) is 16.7 Å². The third-order valence-electron chi connectivity index (χ3n) is 3.94. The minimum absolute atomic E-state index is 0.145. The molecule has 8 nitrogen and oxygen atoms in total. The van der Waals surface area contributed by atoms with Crippen molar-refractivity contribution in [1.82, 2.24) is 9.80 Å². The molecule has 120 valence electrons. The van der Waals surface area contributed by atoms with Crippen molar-refractivity contribution in [2.45, 2.75) is 51.5 Å². The molecule has 8 heteroatoms. The summed E-state index contributed by atoms with van der Waals surface area (Å²) in [6, 6.07) is -1.16. The van der Waals surface area contributed by atoms with E-state index in [-0.39, 0.29) is 18.0 Å². The van der Waals surface area contributed by atoms with Crippen molar-refractivity contribution in [2.24, 2.45) is 0 Å². The summed E-state index contributed by atoms with van der Waals surface area (Å²) in [4.78, 5) is 38.4. The topological polar surface area (TPSA) is 96.4 Å². The highest BCUT2D eigenvalue weighted by Crippen LogP contribution is 2.43. The first-order valence-electron chi connectivity index (χ1n) is 7.05. The number of aliphatic carboxylic acids is 1. The molecule has 3 aliphatic rings. The third-order valence-corrected chi connectivity index (χ3v) is 3.94. The number of β-lactam (4-membered cyclic amide) rings is 1. The van der Waals surface area contributed by atoms with E-state index in [1.54, 1.807) is 20.8 Å². The van der Waals surface area contributed by atoms with Crippen LogP contribution in [0.1, 0.15) is 27.7 Å². The predicted molar refractivity (Wildman–Crippen MR) is 72.6 cm³/mol. The fourth-order valence-corrected chi connectivity index (χ4v) is 3.18. The van der Waals surface area contributed by atoms with Crippen LogP contribution < -0.4 is 0 Å². The predicted octanol–water partition coefficient (Wildman–Crippen LogP) is 0.531. The average molecular weight is 310 g/mol. The smallest absolute Gasteiger partial charge is 0.411 e. The molecule has 2 fully saturated rings. The van der Waals surface area contributed by atoms with E-state index in [9.17, 15) is 19.5 Å². The zero-order valence-corrected chi connectivity index (χ0v) is 12.8. The van der Waals surface area contributed by atoms with Gasteiger partial charge in [-0.2, -0.15) is 0 Å². The van der Waals surface area contributed by atoms with Crippen LogP contribution in [0.15, 0.2) is 11.5 Å². The molecule has 1 N–H and O–H groups in total. The summed E-state index contributed by atoms with van der Waals surface area (Å²) in [5.41, 5.74) is -0.813. The van der Waals surface area contributed by atoms with Crippen LogP contribution in [-0.2, 0) is 19.1 Å². The lowest BCUT2D eigenvalue weighted by molar-refractivity contribution is -0.161. The Hall–Kier alpha value is -2.25. The van der Waals surface area contributed by atoms with E-state index in [2.05, 4.69) is 0 Å². The van der Waals surface area contributed by atoms with Gasteiger partial charge in [-0.05, 0) is 27.7 Å². The first-order chi connectivity index (χ1) is 10.1.